The molecule has 180 valence electrons. The van der Waals surface area contributed by atoms with Crippen LogP contribution in [0.4, 0.5) is 23.2 Å². The minimum atomic E-state index is -4.44. The lowest BCUT2D eigenvalue weighted by Gasteiger charge is -2.33. The molecule has 0 radical (unpaired) electrons. The van der Waals surface area contributed by atoms with Crippen molar-refractivity contribution in [1.29, 1.82) is 0 Å². The molecule has 1 saturated heterocycles. The van der Waals surface area contributed by atoms with E-state index in [4.69, 9.17) is 4.52 Å². The maximum atomic E-state index is 13.2. The first-order valence-electron chi connectivity index (χ1n) is 10.8. The van der Waals surface area contributed by atoms with E-state index in [0.29, 0.717) is 44.2 Å². The van der Waals surface area contributed by atoms with Crippen LogP contribution < -0.4 is 5.32 Å². The Labute approximate surface area is 193 Å². The summed E-state index contributed by atoms with van der Waals surface area (Å²) in [5.41, 5.74) is -0.0953. The molecule has 2 aromatic carbocycles. The summed E-state index contributed by atoms with van der Waals surface area (Å²) in [5.74, 6) is -0.141. The molecule has 2 heterocycles. The van der Waals surface area contributed by atoms with Crippen LogP contribution in [0.3, 0.4) is 0 Å². The Morgan fingerprint density at radius 2 is 1.76 bits per heavy atom. The smallest absolute Gasteiger partial charge is 0.338 e. The van der Waals surface area contributed by atoms with Gasteiger partial charge in [-0.25, -0.2) is 4.39 Å². The van der Waals surface area contributed by atoms with Crippen molar-refractivity contribution in [2.75, 3.05) is 38.0 Å². The highest BCUT2D eigenvalue weighted by Crippen LogP contribution is 2.31. The summed E-state index contributed by atoms with van der Waals surface area (Å²) in [6.45, 7) is 3.87. The lowest BCUT2D eigenvalue weighted by molar-refractivity contribution is -0.137. The zero-order valence-electron chi connectivity index (χ0n) is 18.2. The number of halogens is 4. The second-order valence-corrected chi connectivity index (χ2v) is 8.02. The lowest BCUT2D eigenvalue weighted by Crippen LogP contribution is -2.46. The summed E-state index contributed by atoms with van der Waals surface area (Å²) < 4.78 is 57.2. The highest BCUT2D eigenvalue weighted by molar-refractivity contribution is 5.90. The Hall–Kier alpha value is -3.31. The third-order valence-corrected chi connectivity index (χ3v) is 5.50. The third-order valence-electron chi connectivity index (χ3n) is 5.50. The van der Waals surface area contributed by atoms with Crippen LogP contribution in [0.2, 0.25) is 0 Å². The van der Waals surface area contributed by atoms with Gasteiger partial charge < -0.3 is 14.7 Å². The molecule has 11 heteroatoms. The topological polar surface area (TPSA) is 74.5 Å². The van der Waals surface area contributed by atoms with Crippen LogP contribution in [-0.4, -0.2) is 58.6 Å². The fourth-order valence-electron chi connectivity index (χ4n) is 3.68. The number of alkyl halides is 3. The monoisotopic (exact) mass is 477 g/mol. The van der Waals surface area contributed by atoms with E-state index in [-0.39, 0.29) is 17.3 Å². The lowest BCUT2D eigenvalue weighted by atomic mass is 10.1. The number of hydrogen-bond donors (Lipinski definition) is 1. The van der Waals surface area contributed by atoms with Gasteiger partial charge in [0.05, 0.1) is 12.1 Å². The van der Waals surface area contributed by atoms with Crippen molar-refractivity contribution in [1.82, 2.24) is 19.9 Å². The second kappa shape index (κ2) is 10.3. The third kappa shape index (κ3) is 6.39. The maximum absolute atomic E-state index is 13.2. The first-order valence-corrected chi connectivity index (χ1v) is 10.8. The van der Waals surface area contributed by atoms with Crippen molar-refractivity contribution in [3.63, 3.8) is 0 Å². The molecule has 3 aromatic rings. The van der Waals surface area contributed by atoms with Gasteiger partial charge in [0, 0.05) is 50.4 Å². The molecule has 1 amide bonds. The van der Waals surface area contributed by atoms with Crippen molar-refractivity contribution in [2.24, 2.45) is 0 Å². The zero-order valence-corrected chi connectivity index (χ0v) is 18.2. The van der Waals surface area contributed by atoms with Crippen LogP contribution in [0.5, 0.6) is 0 Å². The van der Waals surface area contributed by atoms with Gasteiger partial charge >= 0.3 is 6.18 Å². The van der Waals surface area contributed by atoms with E-state index in [9.17, 15) is 22.4 Å². The SMILES string of the molecule is O=C(CCN1CCN(Cc2nc(-c3cccc(C(F)(F)F)c3)no2)CC1)Nc1cccc(F)c1. The summed E-state index contributed by atoms with van der Waals surface area (Å²) in [4.78, 5) is 20.6. The normalized spacial score (nSPS) is 15.4. The van der Waals surface area contributed by atoms with Crippen molar-refractivity contribution in [3.8, 4) is 11.4 Å². The van der Waals surface area contributed by atoms with Gasteiger partial charge in [0.25, 0.3) is 0 Å². The number of aromatic nitrogens is 2. The molecule has 0 unspecified atom stereocenters. The molecule has 1 N–H and O–H groups in total. The van der Waals surface area contributed by atoms with Gasteiger partial charge in [-0.15, -0.1) is 0 Å². The average Bonchev–Trinajstić information content (AvgIpc) is 3.27. The van der Waals surface area contributed by atoms with E-state index in [1.54, 1.807) is 6.07 Å². The molecule has 7 nitrogen and oxygen atoms in total. The number of hydrogen-bond acceptors (Lipinski definition) is 6. The van der Waals surface area contributed by atoms with Crippen molar-refractivity contribution < 1.29 is 26.9 Å². The predicted octanol–water partition coefficient (Wildman–Crippen LogP) is 4.04. The van der Waals surface area contributed by atoms with Gasteiger partial charge in [-0.2, -0.15) is 18.2 Å². The van der Waals surface area contributed by atoms with Crippen LogP contribution >= 0.6 is 0 Å². The van der Waals surface area contributed by atoms with Gasteiger partial charge in [-0.3, -0.25) is 9.69 Å². The molecule has 0 saturated carbocycles. The molecular formula is C23H23F4N5O2. The van der Waals surface area contributed by atoms with Gasteiger partial charge in [-0.1, -0.05) is 23.4 Å². The summed E-state index contributed by atoms with van der Waals surface area (Å²) in [7, 11) is 0. The van der Waals surface area contributed by atoms with Crippen molar-refractivity contribution in [3.05, 3.63) is 65.8 Å². The number of benzene rings is 2. The fourth-order valence-corrected chi connectivity index (χ4v) is 3.68. The van der Waals surface area contributed by atoms with Crippen LogP contribution in [-0.2, 0) is 17.5 Å². The number of anilines is 1. The van der Waals surface area contributed by atoms with Gasteiger partial charge in [0.15, 0.2) is 0 Å². The molecule has 1 aliphatic rings. The molecule has 0 spiro atoms. The highest BCUT2D eigenvalue weighted by Gasteiger charge is 2.31. The van der Waals surface area contributed by atoms with Gasteiger partial charge in [0.1, 0.15) is 5.82 Å². The molecule has 34 heavy (non-hydrogen) atoms. The van der Waals surface area contributed by atoms with Crippen LogP contribution in [0, 0.1) is 5.82 Å². The molecular weight excluding hydrogens is 454 g/mol. The number of carbonyl (C=O) groups is 1. The zero-order chi connectivity index (χ0) is 24.1. The molecule has 0 bridgehead atoms. The predicted molar refractivity (Wildman–Crippen MR) is 116 cm³/mol. The van der Waals surface area contributed by atoms with Gasteiger partial charge in [-0.05, 0) is 30.3 Å². The molecule has 1 fully saturated rings. The van der Waals surface area contributed by atoms with Crippen LogP contribution in [0.15, 0.2) is 53.1 Å². The molecule has 1 aliphatic heterocycles. The summed E-state index contributed by atoms with van der Waals surface area (Å²) in [6.07, 6.45) is -4.15. The van der Waals surface area contributed by atoms with Crippen molar-refractivity contribution >= 4 is 11.6 Å². The number of nitrogens with one attached hydrogen (secondary N) is 1. The van der Waals surface area contributed by atoms with E-state index < -0.39 is 17.6 Å². The van der Waals surface area contributed by atoms with E-state index in [1.165, 1.54) is 30.3 Å². The summed E-state index contributed by atoms with van der Waals surface area (Å²) in [6, 6.07) is 10.6. The Kier molecular flexibility index (Phi) is 7.23. The molecule has 1 aromatic heterocycles. The Bertz CT molecular complexity index is 1130. The number of piperazine rings is 1. The molecule has 0 atom stereocenters. The fraction of sp³-hybridized carbons (Fsp3) is 0.348. The number of carbonyl (C=O) groups excluding carboxylic acids is 1. The van der Waals surface area contributed by atoms with Crippen molar-refractivity contribution in [2.45, 2.75) is 19.1 Å². The number of amides is 1. The second-order valence-electron chi connectivity index (χ2n) is 8.02. The van der Waals surface area contributed by atoms with Gasteiger partial charge in [0.2, 0.25) is 17.6 Å². The number of rotatable bonds is 7. The first kappa shape index (κ1) is 23.8. The van der Waals surface area contributed by atoms with E-state index in [1.807, 2.05) is 0 Å². The van der Waals surface area contributed by atoms with E-state index in [2.05, 4.69) is 25.3 Å². The summed E-state index contributed by atoms with van der Waals surface area (Å²) in [5, 5.41) is 6.51. The Balaban J connectivity index is 1.23. The number of nitrogens with zero attached hydrogens (tertiary/aromatic N) is 4. The molecule has 0 aliphatic carbocycles. The van der Waals surface area contributed by atoms with E-state index >= 15 is 0 Å². The largest absolute Gasteiger partial charge is 0.416 e. The first-order chi connectivity index (χ1) is 16.3. The quantitative estimate of drug-likeness (QED) is 0.518. The Morgan fingerprint density at radius 3 is 2.50 bits per heavy atom. The van der Waals surface area contributed by atoms with E-state index in [0.717, 1.165) is 25.2 Å². The minimum Gasteiger partial charge on any atom is -0.338 e. The molecule has 4 rings (SSSR count). The Morgan fingerprint density at radius 1 is 1.03 bits per heavy atom. The summed E-state index contributed by atoms with van der Waals surface area (Å²) >= 11 is 0. The maximum Gasteiger partial charge on any atom is 0.416 e. The average molecular weight is 477 g/mol. The minimum absolute atomic E-state index is 0.115. The van der Waals surface area contributed by atoms with Crippen LogP contribution in [0.25, 0.3) is 11.4 Å². The highest BCUT2D eigenvalue weighted by atomic mass is 19.4. The standard InChI is InChI=1S/C23H23F4N5O2/c24-18-5-2-6-19(14-18)28-20(33)7-8-31-9-11-32(12-10-31)15-21-29-22(30-34-21)16-3-1-4-17(13-16)23(25,26)27/h1-6,13-14H,7-12,15H2,(H,28,33). The van der Waals surface area contributed by atoms with Crippen LogP contribution in [0.1, 0.15) is 17.9 Å².